The molecule has 1 unspecified atom stereocenters. The summed E-state index contributed by atoms with van der Waals surface area (Å²) in [6.45, 7) is 0.355. The van der Waals surface area contributed by atoms with Gasteiger partial charge in [0.25, 0.3) is 0 Å². The Morgan fingerprint density at radius 3 is 2.58 bits per heavy atom. The highest BCUT2D eigenvalue weighted by molar-refractivity contribution is 5.84. The Kier molecular flexibility index (Phi) is 4.07. The van der Waals surface area contributed by atoms with Gasteiger partial charge in [0.05, 0.1) is 17.9 Å². The van der Waals surface area contributed by atoms with Crippen LogP contribution in [0.15, 0.2) is 0 Å². The van der Waals surface area contributed by atoms with Crippen molar-refractivity contribution in [1.29, 1.82) is 0 Å². The number of rotatable bonds is 4. The molecule has 1 saturated carbocycles. The maximum Gasteiger partial charge on any atom is 0.305 e. The normalized spacial score (nSPS) is 25.7. The number of aliphatic carboxylic acids is 1. The van der Waals surface area contributed by atoms with Gasteiger partial charge in [-0.25, -0.2) is 0 Å². The third-order valence-electron chi connectivity index (χ3n) is 4.07. The number of amides is 2. The molecule has 0 bridgehead atoms. The first-order valence-electron chi connectivity index (χ1n) is 6.81. The van der Waals surface area contributed by atoms with E-state index in [1.165, 1.54) is 0 Å². The van der Waals surface area contributed by atoms with Crippen LogP contribution in [0.2, 0.25) is 0 Å². The van der Waals surface area contributed by atoms with Crippen molar-refractivity contribution in [3.63, 3.8) is 0 Å². The summed E-state index contributed by atoms with van der Waals surface area (Å²) >= 11 is 0. The topological polar surface area (TPSA) is 95.5 Å². The predicted octanol–water partition coefficient (Wildman–Crippen LogP) is 0.416. The van der Waals surface area contributed by atoms with Crippen LogP contribution < -0.4 is 10.6 Å². The number of hydrogen-bond donors (Lipinski definition) is 3. The molecule has 1 heterocycles. The number of carboxylic acids is 1. The summed E-state index contributed by atoms with van der Waals surface area (Å²) in [5.74, 6) is -1.25. The predicted molar refractivity (Wildman–Crippen MR) is 67.3 cm³/mol. The van der Waals surface area contributed by atoms with E-state index in [1.807, 2.05) is 0 Å². The van der Waals surface area contributed by atoms with Gasteiger partial charge in [0, 0.05) is 13.0 Å². The Morgan fingerprint density at radius 2 is 2.05 bits per heavy atom. The molecule has 3 N–H and O–H groups in total. The maximum absolute atomic E-state index is 12.2. The molecular formula is C13H20N2O4. The Bertz CT molecular complexity index is 378. The summed E-state index contributed by atoms with van der Waals surface area (Å²) in [6, 6.07) is 0. The number of carbonyl (C=O) groups excluding carboxylic acids is 2. The van der Waals surface area contributed by atoms with Gasteiger partial charge in [-0.15, -0.1) is 0 Å². The molecule has 2 amide bonds. The number of carbonyl (C=O) groups is 3. The number of hydrogen-bond acceptors (Lipinski definition) is 3. The molecule has 0 aromatic heterocycles. The minimum absolute atomic E-state index is 0.0161. The lowest BCUT2D eigenvalue weighted by Gasteiger charge is -2.32. The third kappa shape index (κ3) is 3.45. The third-order valence-corrected chi connectivity index (χ3v) is 4.07. The standard InChI is InChI=1S/C13H20N2O4/c16-10-4-3-9(8-14-10)12(19)15-13(7-11(17)18)5-1-2-6-13/h9H,1-8H2,(H,14,16)(H,15,19)(H,17,18). The minimum Gasteiger partial charge on any atom is -0.481 e. The fraction of sp³-hybridized carbons (Fsp3) is 0.769. The first kappa shape index (κ1) is 13.8. The molecule has 2 rings (SSSR count). The van der Waals surface area contributed by atoms with E-state index in [2.05, 4.69) is 10.6 Å². The van der Waals surface area contributed by atoms with Crippen molar-refractivity contribution in [3.8, 4) is 0 Å². The van der Waals surface area contributed by atoms with Crippen molar-refractivity contribution in [2.75, 3.05) is 6.54 Å². The smallest absolute Gasteiger partial charge is 0.305 e. The zero-order valence-corrected chi connectivity index (χ0v) is 10.9. The van der Waals surface area contributed by atoms with Crippen molar-refractivity contribution in [2.24, 2.45) is 5.92 Å². The van der Waals surface area contributed by atoms with Gasteiger partial charge in [-0.2, -0.15) is 0 Å². The first-order chi connectivity index (χ1) is 9.01. The van der Waals surface area contributed by atoms with Crippen molar-refractivity contribution in [2.45, 2.75) is 50.5 Å². The Labute approximate surface area is 111 Å². The van der Waals surface area contributed by atoms with E-state index in [1.54, 1.807) is 0 Å². The van der Waals surface area contributed by atoms with Crippen LogP contribution in [0.3, 0.4) is 0 Å². The Hall–Kier alpha value is -1.59. The summed E-state index contributed by atoms with van der Waals surface area (Å²) in [6.07, 6.45) is 4.25. The summed E-state index contributed by atoms with van der Waals surface area (Å²) in [7, 11) is 0. The largest absolute Gasteiger partial charge is 0.481 e. The van der Waals surface area contributed by atoms with E-state index in [0.29, 0.717) is 19.4 Å². The van der Waals surface area contributed by atoms with E-state index in [4.69, 9.17) is 5.11 Å². The summed E-state index contributed by atoms with van der Waals surface area (Å²) in [4.78, 5) is 34.2. The molecular weight excluding hydrogens is 248 g/mol. The lowest BCUT2D eigenvalue weighted by molar-refractivity contribution is -0.139. The first-order valence-corrected chi connectivity index (χ1v) is 6.81. The molecule has 1 atom stereocenters. The average molecular weight is 268 g/mol. The summed E-state index contributed by atoms with van der Waals surface area (Å²) in [5, 5.41) is 14.6. The zero-order chi connectivity index (χ0) is 13.9. The highest BCUT2D eigenvalue weighted by Gasteiger charge is 2.39. The number of piperidine rings is 1. The van der Waals surface area contributed by atoms with Crippen LogP contribution in [-0.4, -0.2) is 35.0 Å². The molecule has 0 radical (unpaired) electrons. The molecule has 1 aliphatic heterocycles. The number of nitrogens with one attached hydrogen (secondary N) is 2. The lowest BCUT2D eigenvalue weighted by Crippen LogP contribution is -2.52. The number of carboxylic acid groups (broad SMARTS) is 1. The van der Waals surface area contributed by atoms with Crippen LogP contribution >= 0.6 is 0 Å². The van der Waals surface area contributed by atoms with Gasteiger partial charge in [-0.1, -0.05) is 12.8 Å². The fourth-order valence-corrected chi connectivity index (χ4v) is 3.01. The van der Waals surface area contributed by atoms with Crippen LogP contribution in [0, 0.1) is 5.92 Å². The van der Waals surface area contributed by atoms with Crippen molar-refractivity contribution in [3.05, 3.63) is 0 Å². The zero-order valence-electron chi connectivity index (χ0n) is 10.9. The van der Waals surface area contributed by atoms with E-state index >= 15 is 0 Å². The molecule has 6 heteroatoms. The fourth-order valence-electron chi connectivity index (χ4n) is 3.01. The van der Waals surface area contributed by atoms with E-state index in [0.717, 1.165) is 25.7 Å². The van der Waals surface area contributed by atoms with Crippen LogP contribution in [-0.2, 0) is 14.4 Å². The van der Waals surface area contributed by atoms with E-state index in [-0.39, 0.29) is 24.2 Å². The minimum atomic E-state index is -0.876. The van der Waals surface area contributed by atoms with Crippen molar-refractivity contribution >= 4 is 17.8 Å². The van der Waals surface area contributed by atoms with Gasteiger partial charge in [-0.3, -0.25) is 14.4 Å². The molecule has 19 heavy (non-hydrogen) atoms. The van der Waals surface area contributed by atoms with Crippen LogP contribution in [0.5, 0.6) is 0 Å². The van der Waals surface area contributed by atoms with E-state index < -0.39 is 11.5 Å². The molecule has 1 saturated heterocycles. The molecule has 2 fully saturated rings. The second kappa shape index (κ2) is 5.59. The van der Waals surface area contributed by atoms with Gasteiger partial charge in [0.1, 0.15) is 0 Å². The molecule has 106 valence electrons. The molecule has 0 spiro atoms. The van der Waals surface area contributed by atoms with Crippen molar-refractivity contribution in [1.82, 2.24) is 10.6 Å². The highest BCUT2D eigenvalue weighted by atomic mass is 16.4. The van der Waals surface area contributed by atoms with E-state index in [9.17, 15) is 14.4 Å². The second-order valence-corrected chi connectivity index (χ2v) is 5.59. The Balaban J connectivity index is 1.95. The van der Waals surface area contributed by atoms with Crippen molar-refractivity contribution < 1.29 is 19.5 Å². The summed E-state index contributed by atoms with van der Waals surface area (Å²) < 4.78 is 0. The highest BCUT2D eigenvalue weighted by Crippen LogP contribution is 2.33. The van der Waals surface area contributed by atoms with Crippen LogP contribution in [0.25, 0.3) is 0 Å². The van der Waals surface area contributed by atoms with Gasteiger partial charge in [0.2, 0.25) is 11.8 Å². The van der Waals surface area contributed by atoms with Gasteiger partial charge in [-0.05, 0) is 19.3 Å². The Morgan fingerprint density at radius 1 is 1.37 bits per heavy atom. The molecule has 6 nitrogen and oxygen atoms in total. The van der Waals surface area contributed by atoms with Gasteiger partial charge < -0.3 is 15.7 Å². The SMILES string of the molecule is O=C(O)CC1(NC(=O)C2CCC(=O)NC2)CCCC1. The molecule has 0 aromatic carbocycles. The van der Waals surface area contributed by atoms with Gasteiger partial charge in [0.15, 0.2) is 0 Å². The van der Waals surface area contributed by atoms with Gasteiger partial charge >= 0.3 is 5.97 Å². The molecule has 1 aliphatic carbocycles. The average Bonchev–Trinajstić information content (AvgIpc) is 2.77. The summed E-state index contributed by atoms with van der Waals surface area (Å²) in [5.41, 5.74) is -0.579. The monoisotopic (exact) mass is 268 g/mol. The quantitative estimate of drug-likeness (QED) is 0.688. The maximum atomic E-state index is 12.2. The van der Waals surface area contributed by atoms with Crippen LogP contribution in [0.4, 0.5) is 0 Å². The lowest BCUT2D eigenvalue weighted by atomic mass is 9.90. The van der Waals surface area contributed by atoms with Crippen LogP contribution in [0.1, 0.15) is 44.9 Å². The second-order valence-electron chi connectivity index (χ2n) is 5.59. The molecule has 0 aromatic rings. The molecule has 2 aliphatic rings.